The van der Waals surface area contributed by atoms with Gasteiger partial charge in [0.2, 0.25) is 0 Å². The number of hydrogen-bond donors (Lipinski definition) is 4. The molecule has 19 heavy (non-hydrogen) atoms. The van der Waals surface area contributed by atoms with Gasteiger partial charge in [0.25, 0.3) is 5.91 Å². The van der Waals surface area contributed by atoms with E-state index < -0.39 is 6.03 Å². The summed E-state index contributed by atoms with van der Waals surface area (Å²) in [7, 11) is 0. The zero-order chi connectivity index (χ0) is 13.8. The van der Waals surface area contributed by atoms with Crippen LogP contribution >= 0.6 is 15.9 Å². The number of nitrogens with two attached hydrogens (primary N) is 1. The maximum Gasteiger partial charge on any atom is 0.316 e. The van der Waals surface area contributed by atoms with Crippen LogP contribution in [0.15, 0.2) is 41.0 Å². The van der Waals surface area contributed by atoms with Crippen LogP contribution in [-0.2, 0) is 0 Å². The molecule has 0 aliphatic carbocycles. The van der Waals surface area contributed by atoms with Crippen LogP contribution in [0.3, 0.4) is 0 Å². The minimum Gasteiger partial charge on any atom is -0.356 e. The minimum atomic E-state index is -0.631. The molecule has 0 fully saturated rings. The molecule has 5 N–H and O–H groups in total. The molecule has 0 unspecified atom stereocenters. The highest BCUT2D eigenvalue weighted by Gasteiger charge is 2.08. The van der Waals surface area contributed by atoms with E-state index in [0.29, 0.717) is 17.1 Å². The summed E-state index contributed by atoms with van der Waals surface area (Å²) in [6.45, 7) is 0. The molecule has 0 saturated carbocycles. The first-order valence-corrected chi connectivity index (χ1v) is 6.15. The summed E-state index contributed by atoms with van der Waals surface area (Å²) in [5.41, 5.74) is 6.62. The summed E-state index contributed by atoms with van der Waals surface area (Å²) < 4.78 is 0.804. The fraction of sp³-hybridized carbons (Fsp3) is 0. The van der Waals surface area contributed by atoms with E-state index in [0.717, 1.165) is 4.47 Å². The molecule has 2 aromatic rings. The lowest BCUT2D eigenvalue weighted by atomic mass is 10.2. The van der Waals surface area contributed by atoms with Gasteiger partial charge in [0.1, 0.15) is 5.69 Å². The van der Waals surface area contributed by atoms with E-state index in [2.05, 4.69) is 31.5 Å². The number of H-pyrrole nitrogens is 1. The normalized spacial score (nSPS) is 9.95. The second kappa shape index (κ2) is 5.57. The third-order valence-electron chi connectivity index (χ3n) is 2.30. The Morgan fingerprint density at radius 2 is 1.68 bits per heavy atom. The van der Waals surface area contributed by atoms with E-state index >= 15 is 0 Å². The Bertz CT molecular complexity index is 606. The fourth-order valence-corrected chi connectivity index (χ4v) is 1.82. The van der Waals surface area contributed by atoms with Gasteiger partial charge in [-0.3, -0.25) is 4.79 Å². The van der Waals surface area contributed by atoms with Crippen molar-refractivity contribution < 1.29 is 9.59 Å². The number of benzene rings is 1. The Hall–Kier alpha value is -2.28. The van der Waals surface area contributed by atoms with Gasteiger partial charge in [0.05, 0.1) is 0 Å². The fourth-order valence-electron chi connectivity index (χ4n) is 1.48. The molecule has 7 heteroatoms. The molecule has 0 spiro atoms. The van der Waals surface area contributed by atoms with Gasteiger partial charge in [-0.25, -0.2) is 4.79 Å². The number of halogens is 1. The molecule has 0 radical (unpaired) electrons. The second-order valence-corrected chi connectivity index (χ2v) is 4.67. The number of anilines is 2. The van der Waals surface area contributed by atoms with E-state index in [1.807, 2.05) is 0 Å². The molecule has 6 nitrogen and oxygen atoms in total. The van der Waals surface area contributed by atoms with Crippen molar-refractivity contribution in [1.29, 1.82) is 0 Å². The smallest absolute Gasteiger partial charge is 0.316 e. The van der Waals surface area contributed by atoms with Crippen molar-refractivity contribution in [2.24, 2.45) is 5.73 Å². The molecule has 3 amide bonds. The van der Waals surface area contributed by atoms with Crippen LogP contribution in [0.5, 0.6) is 0 Å². The highest BCUT2D eigenvalue weighted by Crippen LogP contribution is 2.15. The molecule has 0 bridgehead atoms. The lowest BCUT2D eigenvalue weighted by Crippen LogP contribution is -2.19. The molecular weight excluding hydrogens is 312 g/mol. The van der Waals surface area contributed by atoms with Gasteiger partial charge in [0.15, 0.2) is 0 Å². The van der Waals surface area contributed by atoms with Crippen molar-refractivity contribution in [3.63, 3.8) is 0 Å². The number of aromatic amines is 1. The number of primary amides is 1. The summed E-state index contributed by atoms with van der Waals surface area (Å²) >= 11 is 3.25. The zero-order valence-corrected chi connectivity index (χ0v) is 11.3. The van der Waals surface area contributed by atoms with Gasteiger partial charge in [-0.05, 0) is 46.3 Å². The summed E-state index contributed by atoms with van der Waals surface area (Å²) in [6.07, 6.45) is 1.68. The van der Waals surface area contributed by atoms with Crippen LogP contribution < -0.4 is 16.4 Å². The molecule has 98 valence electrons. The first-order chi connectivity index (χ1) is 9.04. The molecule has 1 heterocycles. The Labute approximate surface area is 117 Å². The minimum absolute atomic E-state index is 0.249. The van der Waals surface area contributed by atoms with Crippen LogP contribution in [0.4, 0.5) is 16.2 Å². The Morgan fingerprint density at radius 3 is 2.16 bits per heavy atom. The maximum atomic E-state index is 11.8. The molecule has 0 aliphatic heterocycles. The van der Waals surface area contributed by atoms with Gasteiger partial charge in [-0.1, -0.05) is 0 Å². The van der Waals surface area contributed by atoms with E-state index in [1.165, 1.54) is 0 Å². The highest BCUT2D eigenvalue weighted by molar-refractivity contribution is 9.10. The average molecular weight is 323 g/mol. The molecule has 2 rings (SSSR count). The molecule has 0 saturated heterocycles. The maximum absolute atomic E-state index is 11.8. The summed E-state index contributed by atoms with van der Waals surface area (Å²) in [6, 6.07) is 7.67. The number of carbonyl (C=O) groups excluding carboxylic acids is 2. The van der Waals surface area contributed by atoms with E-state index in [1.54, 1.807) is 36.5 Å². The zero-order valence-electron chi connectivity index (χ0n) is 9.74. The molecule has 1 aromatic heterocycles. The van der Waals surface area contributed by atoms with Crippen LogP contribution in [0, 0.1) is 0 Å². The lowest BCUT2D eigenvalue weighted by Gasteiger charge is -2.05. The summed E-state index contributed by atoms with van der Waals surface area (Å²) in [5.74, 6) is -0.249. The van der Waals surface area contributed by atoms with E-state index in [4.69, 9.17) is 5.73 Å². The first-order valence-electron chi connectivity index (χ1n) is 5.36. The number of aromatic nitrogens is 1. The van der Waals surface area contributed by atoms with E-state index in [9.17, 15) is 9.59 Å². The third-order valence-corrected chi connectivity index (χ3v) is 2.76. The average Bonchev–Trinajstić information content (AvgIpc) is 2.78. The summed E-state index contributed by atoms with van der Waals surface area (Å²) in [4.78, 5) is 25.3. The van der Waals surface area contributed by atoms with Crippen molar-refractivity contribution >= 4 is 39.2 Å². The number of rotatable bonds is 3. The second-order valence-electron chi connectivity index (χ2n) is 3.75. The third kappa shape index (κ3) is 3.59. The lowest BCUT2D eigenvalue weighted by molar-refractivity contribution is 0.102. The van der Waals surface area contributed by atoms with Crippen molar-refractivity contribution in [2.75, 3.05) is 10.6 Å². The van der Waals surface area contributed by atoms with Crippen LogP contribution in [0.2, 0.25) is 0 Å². The molecule has 0 aliphatic rings. The van der Waals surface area contributed by atoms with Crippen LogP contribution in [0.1, 0.15) is 10.5 Å². The van der Waals surface area contributed by atoms with Crippen molar-refractivity contribution in [1.82, 2.24) is 4.98 Å². The van der Waals surface area contributed by atoms with E-state index in [-0.39, 0.29) is 5.91 Å². The predicted octanol–water partition coefficient (Wildman–Crippen LogP) is 2.52. The number of nitrogens with one attached hydrogen (secondary N) is 3. The summed E-state index contributed by atoms with van der Waals surface area (Å²) in [5, 5.41) is 5.15. The van der Waals surface area contributed by atoms with Gasteiger partial charge in [-0.2, -0.15) is 0 Å². The number of amides is 3. The van der Waals surface area contributed by atoms with Gasteiger partial charge < -0.3 is 21.4 Å². The Morgan fingerprint density at radius 1 is 1.11 bits per heavy atom. The largest absolute Gasteiger partial charge is 0.356 e. The topological polar surface area (TPSA) is 100 Å². The van der Waals surface area contributed by atoms with Crippen LogP contribution in [-0.4, -0.2) is 16.9 Å². The molecule has 0 atom stereocenters. The predicted molar refractivity (Wildman–Crippen MR) is 76.1 cm³/mol. The highest BCUT2D eigenvalue weighted by atomic mass is 79.9. The molecule has 1 aromatic carbocycles. The Kier molecular flexibility index (Phi) is 3.86. The van der Waals surface area contributed by atoms with Crippen molar-refractivity contribution in [3.05, 3.63) is 46.7 Å². The number of hydrogen-bond acceptors (Lipinski definition) is 2. The first kappa shape index (κ1) is 13.2. The van der Waals surface area contributed by atoms with Gasteiger partial charge in [-0.15, -0.1) is 0 Å². The number of carbonyl (C=O) groups is 2. The monoisotopic (exact) mass is 322 g/mol. The van der Waals surface area contributed by atoms with Gasteiger partial charge >= 0.3 is 6.03 Å². The molecular formula is C12H11BrN4O2. The quantitative estimate of drug-likeness (QED) is 0.698. The van der Waals surface area contributed by atoms with Crippen molar-refractivity contribution in [3.8, 4) is 0 Å². The van der Waals surface area contributed by atoms with Crippen LogP contribution in [0.25, 0.3) is 0 Å². The standard InChI is InChI=1S/C12H11BrN4O2/c13-7-5-10(15-6-7)11(18)16-8-1-3-9(4-2-8)17-12(14)19/h1-6,15H,(H,16,18)(H3,14,17,19). The Balaban J connectivity index is 2.03. The van der Waals surface area contributed by atoms with Crippen molar-refractivity contribution in [2.45, 2.75) is 0 Å². The van der Waals surface area contributed by atoms with Gasteiger partial charge in [0, 0.05) is 22.0 Å². The SMILES string of the molecule is NC(=O)Nc1ccc(NC(=O)c2cc(Br)c[nH]2)cc1. The number of urea groups is 1.